The van der Waals surface area contributed by atoms with Crippen molar-refractivity contribution in [3.05, 3.63) is 40.1 Å². The first-order valence-electron chi connectivity index (χ1n) is 5.54. The molecule has 5 heteroatoms. The average Bonchev–Trinajstić information content (AvgIpc) is 2.36. The van der Waals surface area contributed by atoms with E-state index in [1.807, 2.05) is 18.2 Å². The van der Waals surface area contributed by atoms with Crippen molar-refractivity contribution in [3.63, 3.8) is 0 Å². The van der Waals surface area contributed by atoms with E-state index in [1.165, 1.54) is 0 Å². The number of nitrogens with two attached hydrogens (primary N) is 2. The second-order valence-electron chi connectivity index (χ2n) is 4.04. The summed E-state index contributed by atoms with van der Waals surface area (Å²) in [5, 5.41) is 0. The van der Waals surface area contributed by atoms with E-state index in [0.717, 1.165) is 40.7 Å². The topological polar surface area (TPSA) is 73.3 Å². The van der Waals surface area contributed by atoms with Crippen LogP contribution in [0.2, 0.25) is 0 Å². The molecule has 92 valence electrons. The maximum Gasteiger partial charge on any atom is 0.0876 e. The van der Waals surface area contributed by atoms with Crippen molar-refractivity contribution in [1.82, 2.24) is 5.43 Å². The van der Waals surface area contributed by atoms with Crippen molar-refractivity contribution in [2.24, 2.45) is 5.84 Å². The number of nitrogen functional groups attached to an aromatic ring is 1. The Bertz CT molecular complexity index is 434. The summed E-state index contributed by atoms with van der Waals surface area (Å²) in [5.74, 6) is 5.64. The predicted octanol–water partition coefficient (Wildman–Crippen LogP) is 2.23. The Kier molecular flexibility index (Phi) is 4.04. The molecule has 0 bridgehead atoms. The summed E-state index contributed by atoms with van der Waals surface area (Å²) < 4.78 is 6.33. The first-order valence-corrected chi connectivity index (χ1v) is 6.33. The van der Waals surface area contributed by atoms with E-state index in [2.05, 4.69) is 21.4 Å². The van der Waals surface area contributed by atoms with Gasteiger partial charge < -0.3 is 10.5 Å². The van der Waals surface area contributed by atoms with Crippen LogP contribution in [-0.2, 0) is 4.74 Å². The molecule has 0 radical (unpaired) electrons. The van der Waals surface area contributed by atoms with E-state index in [1.54, 1.807) is 6.26 Å². The third-order valence-electron chi connectivity index (χ3n) is 2.86. The Morgan fingerprint density at radius 2 is 2.24 bits per heavy atom. The summed E-state index contributed by atoms with van der Waals surface area (Å²) in [6.45, 7) is 0.773. The summed E-state index contributed by atoms with van der Waals surface area (Å²) in [6.07, 6.45) is 3.77. The summed E-state index contributed by atoms with van der Waals surface area (Å²) in [7, 11) is 0. The Balaban J connectivity index is 2.34. The molecule has 1 aromatic rings. The molecule has 1 atom stereocenters. The molecule has 1 aliphatic heterocycles. The van der Waals surface area contributed by atoms with Gasteiger partial charge in [-0.3, -0.25) is 5.84 Å². The highest BCUT2D eigenvalue weighted by molar-refractivity contribution is 9.10. The molecular formula is C12H16BrN3O. The first-order chi connectivity index (χ1) is 8.22. The molecular weight excluding hydrogens is 282 g/mol. The maximum absolute atomic E-state index is 5.99. The van der Waals surface area contributed by atoms with Crippen LogP contribution in [0.1, 0.15) is 24.4 Å². The Hall–Kier alpha value is -1.04. The predicted molar refractivity (Wildman–Crippen MR) is 71.9 cm³/mol. The monoisotopic (exact) mass is 297 g/mol. The van der Waals surface area contributed by atoms with E-state index in [-0.39, 0.29) is 6.04 Å². The molecule has 1 aliphatic rings. The number of hydrazine groups is 1. The Labute approximate surface area is 109 Å². The van der Waals surface area contributed by atoms with Crippen molar-refractivity contribution in [1.29, 1.82) is 0 Å². The molecule has 0 aromatic heterocycles. The van der Waals surface area contributed by atoms with Gasteiger partial charge in [0.2, 0.25) is 0 Å². The highest BCUT2D eigenvalue weighted by Gasteiger charge is 2.20. The third-order valence-corrected chi connectivity index (χ3v) is 3.35. The molecule has 0 fully saturated rings. The zero-order valence-corrected chi connectivity index (χ0v) is 11.0. The molecule has 4 nitrogen and oxygen atoms in total. The van der Waals surface area contributed by atoms with Crippen LogP contribution >= 0.6 is 15.9 Å². The lowest BCUT2D eigenvalue weighted by atomic mass is 9.95. The van der Waals surface area contributed by atoms with Gasteiger partial charge in [-0.05, 0) is 42.2 Å². The number of halogens is 1. The molecule has 0 saturated heterocycles. The van der Waals surface area contributed by atoms with Gasteiger partial charge in [-0.15, -0.1) is 0 Å². The molecule has 17 heavy (non-hydrogen) atoms. The lowest BCUT2D eigenvalue weighted by molar-refractivity contribution is 0.219. The van der Waals surface area contributed by atoms with E-state index in [0.29, 0.717) is 0 Å². The normalized spacial score (nSPS) is 17.2. The fourth-order valence-electron chi connectivity index (χ4n) is 1.99. The lowest BCUT2D eigenvalue weighted by Crippen LogP contribution is -2.31. The number of rotatable bonds is 3. The Morgan fingerprint density at radius 1 is 1.41 bits per heavy atom. The number of benzene rings is 1. The molecule has 1 heterocycles. The minimum absolute atomic E-state index is 0.0900. The molecule has 2 rings (SSSR count). The van der Waals surface area contributed by atoms with Gasteiger partial charge in [0, 0.05) is 10.2 Å². The maximum atomic E-state index is 5.99. The minimum Gasteiger partial charge on any atom is -0.501 e. The lowest BCUT2D eigenvalue weighted by Gasteiger charge is -2.24. The fraction of sp³-hybridized carbons (Fsp3) is 0.333. The molecule has 0 aliphatic carbocycles. The molecule has 1 unspecified atom stereocenters. The van der Waals surface area contributed by atoms with Crippen LogP contribution in [0.15, 0.2) is 34.5 Å². The number of anilines is 1. The number of hydrogen-bond donors (Lipinski definition) is 3. The van der Waals surface area contributed by atoms with Gasteiger partial charge in [0.1, 0.15) is 0 Å². The van der Waals surface area contributed by atoms with Crippen LogP contribution in [0.3, 0.4) is 0 Å². The van der Waals surface area contributed by atoms with Crippen LogP contribution in [0.4, 0.5) is 5.69 Å². The quantitative estimate of drug-likeness (QED) is 0.454. The van der Waals surface area contributed by atoms with Crippen LogP contribution < -0.4 is 17.0 Å². The van der Waals surface area contributed by atoms with Gasteiger partial charge in [-0.2, -0.15) is 0 Å². The van der Waals surface area contributed by atoms with Gasteiger partial charge in [0.05, 0.1) is 18.9 Å². The van der Waals surface area contributed by atoms with Crippen molar-refractivity contribution >= 4 is 21.6 Å². The van der Waals surface area contributed by atoms with E-state index in [4.69, 9.17) is 16.3 Å². The zero-order valence-electron chi connectivity index (χ0n) is 9.45. The number of hydrogen-bond acceptors (Lipinski definition) is 4. The summed E-state index contributed by atoms with van der Waals surface area (Å²) >= 11 is 3.44. The number of nitrogens with one attached hydrogen (secondary N) is 1. The molecule has 0 amide bonds. The summed E-state index contributed by atoms with van der Waals surface area (Å²) in [6, 6.07) is 5.68. The fourth-order valence-corrected chi connectivity index (χ4v) is 2.37. The van der Waals surface area contributed by atoms with Gasteiger partial charge in [0.25, 0.3) is 0 Å². The second-order valence-corrected chi connectivity index (χ2v) is 4.96. The molecule has 0 saturated carbocycles. The largest absolute Gasteiger partial charge is 0.501 e. The van der Waals surface area contributed by atoms with E-state index >= 15 is 0 Å². The Morgan fingerprint density at radius 3 is 2.88 bits per heavy atom. The smallest absolute Gasteiger partial charge is 0.0876 e. The standard InChI is InChI=1S/C12H16BrN3O/c13-9-3-4-11(14)10(6-9)12(16-15)8-2-1-5-17-7-8/h3-4,6-7,12,16H,1-2,5,14-15H2. The van der Waals surface area contributed by atoms with E-state index in [9.17, 15) is 0 Å². The minimum atomic E-state index is -0.0900. The average molecular weight is 298 g/mol. The van der Waals surface area contributed by atoms with Crippen LogP contribution in [-0.4, -0.2) is 6.61 Å². The van der Waals surface area contributed by atoms with Crippen LogP contribution in [0, 0.1) is 0 Å². The molecule has 0 spiro atoms. The highest BCUT2D eigenvalue weighted by Crippen LogP contribution is 2.32. The van der Waals surface area contributed by atoms with Crippen molar-refractivity contribution in [3.8, 4) is 0 Å². The van der Waals surface area contributed by atoms with E-state index < -0.39 is 0 Å². The third kappa shape index (κ3) is 2.80. The van der Waals surface area contributed by atoms with Crippen molar-refractivity contribution in [2.75, 3.05) is 12.3 Å². The van der Waals surface area contributed by atoms with Crippen molar-refractivity contribution in [2.45, 2.75) is 18.9 Å². The summed E-state index contributed by atoms with van der Waals surface area (Å²) in [4.78, 5) is 0. The van der Waals surface area contributed by atoms with Gasteiger partial charge in [0.15, 0.2) is 0 Å². The number of ether oxygens (including phenoxy) is 1. The second kappa shape index (κ2) is 5.53. The SMILES string of the molecule is NNC(C1=COCCC1)c1cc(Br)ccc1N. The van der Waals surface area contributed by atoms with Gasteiger partial charge >= 0.3 is 0 Å². The summed E-state index contributed by atoms with van der Waals surface area (Å²) in [5.41, 5.74) is 11.6. The van der Waals surface area contributed by atoms with Crippen LogP contribution in [0.5, 0.6) is 0 Å². The highest BCUT2D eigenvalue weighted by atomic mass is 79.9. The molecule has 5 N–H and O–H groups in total. The van der Waals surface area contributed by atoms with Crippen LogP contribution in [0.25, 0.3) is 0 Å². The van der Waals surface area contributed by atoms with Crippen molar-refractivity contribution < 1.29 is 4.74 Å². The zero-order chi connectivity index (χ0) is 12.3. The first kappa shape index (κ1) is 12.4. The van der Waals surface area contributed by atoms with Gasteiger partial charge in [-0.1, -0.05) is 15.9 Å². The van der Waals surface area contributed by atoms with Gasteiger partial charge in [-0.25, -0.2) is 5.43 Å². The molecule has 1 aromatic carbocycles.